The maximum absolute atomic E-state index is 10.4. The Morgan fingerprint density at radius 2 is 1.86 bits per heavy atom. The van der Waals surface area contributed by atoms with Crippen LogP contribution in [0.5, 0.6) is 5.75 Å². The van der Waals surface area contributed by atoms with Crippen molar-refractivity contribution < 1.29 is 20.5 Å². The first-order valence-corrected chi connectivity index (χ1v) is 3.86. The van der Waals surface area contributed by atoms with E-state index in [0.717, 1.165) is 5.56 Å². The summed E-state index contributed by atoms with van der Waals surface area (Å²) >= 11 is 0. The highest BCUT2D eigenvalue weighted by atomic mass is 16.4. The molecule has 0 amide bonds. The molecule has 1 aromatic rings. The minimum absolute atomic E-state index is 0. The Hall–Kier alpha value is -1.59. The smallest absolute Gasteiger partial charge is 0.320 e. The first kappa shape index (κ1) is 12.4. The molecule has 0 spiro atoms. The van der Waals surface area contributed by atoms with E-state index in [1.54, 1.807) is 12.1 Å². The van der Waals surface area contributed by atoms with E-state index in [1.807, 2.05) is 0 Å². The second kappa shape index (κ2) is 5.21. The zero-order chi connectivity index (χ0) is 9.84. The largest absolute Gasteiger partial charge is 0.508 e. The van der Waals surface area contributed by atoms with Gasteiger partial charge in [0.1, 0.15) is 11.8 Å². The molecule has 1 unspecified atom stereocenters. The lowest BCUT2D eigenvalue weighted by molar-refractivity contribution is -0.138. The second-order valence-electron chi connectivity index (χ2n) is 2.82. The molecule has 0 fully saturated rings. The molecule has 0 radical (unpaired) electrons. The van der Waals surface area contributed by atoms with Crippen molar-refractivity contribution in [2.24, 2.45) is 5.73 Å². The van der Waals surface area contributed by atoms with E-state index >= 15 is 0 Å². The van der Waals surface area contributed by atoms with Gasteiger partial charge in [0.05, 0.1) is 0 Å². The molecule has 5 nitrogen and oxygen atoms in total. The van der Waals surface area contributed by atoms with Crippen LogP contribution in [0.25, 0.3) is 0 Å². The minimum Gasteiger partial charge on any atom is -0.508 e. The van der Waals surface area contributed by atoms with Crippen LogP contribution in [0.2, 0.25) is 0 Å². The number of carboxylic acids is 1. The van der Waals surface area contributed by atoms with Crippen molar-refractivity contribution in [1.29, 1.82) is 0 Å². The summed E-state index contributed by atoms with van der Waals surface area (Å²) in [6.07, 6.45) is 0.273. The van der Waals surface area contributed by atoms with Crippen LogP contribution in [0.4, 0.5) is 0 Å². The SMILES string of the molecule is NC(Cc1ccc(O)cc1)C(=O)O.O. The lowest BCUT2D eigenvalue weighted by Gasteiger charge is -2.05. The number of carbonyl (C=O) groups is 1. The Bertz CT molecular complexity index is 296. The van der Waals surface area contributed by atoms with Gasteiger partial charge >= 0.3 is 5.97 Å². The number of hydrogen-bond acceptors (Lipinski definition) is 3. The van der Waals surface area contributed by atoms with Crippen molar-refractivity contribution in [1.82, 2.24) is 0 Å². The summed E-state index contributed by atoms with van der Waals surface area (Å²) in [5.41, 5.74) is 6.12. The minimum atomic E-state index is -1.02. The summed E-state index contributed by atoms with van der Waals surface area (Å²) in [6.45, 7) is 0. The average Bonchev–Trinajstić information content (AvgIpc) is 2.08. The summed E-state index contributed by atoms with van der Waals surface area (Å²) in [5.74, 6) is -0.860. The van der Waals surface area contributed by atoms with Crippen LogP contribution in [-0.2, 0) is 11.2 Å². The molecule has 0 saturated carbocycles. The van der Waals surface area contributed by atoms with Gasteiger partial charge in [-0.2, -0.15) is 0 Å². The number of aromatic hydroxyl groups is 1. The van der Waals surface area contributed by atoms with Gasteiger partial charge in [-0.05, 0) is 24.1 Å². The molecule has 1 atom stereocenters. The highest BCUT2D eigenvalue weighted by molar-refractivity contribution is 5.73. The van der Waals surface area contributed by atoms with Crippen molar-refractivity contribution in [3.63, 3.8) is 0 Å². The quantitative estimate of drug-likeness (QED) is 0.609. The van der Waals surface area contributed by atoms with Crippen LogP contribution >= 0.6 is 0 Å². The molecule has 14 heavy (non-hydrogen) atoms. The molecule has 1 aromatic carbocycles. The number of phenolic OH excluding ortho intramolecular Hbond substituents is 1. The lowest BCUT2D eigenvalue weighted by atomic mass is 10.1. The van der Waals surface area contributed by atoms with Crippen molar-refractivity contribution >= 4 is 5.97 Å². The average molecular weight is 199 g/mol. The maximum Gasteiger partial charge on any atom is 0.320 e. The van der Waals surface area contributed by atoms with Crippen molar-refractivity contribution in [3.8, 4) is 5.75 Å². The summed E-state index contributed by atoms with van der Waals surface area (Å²) in [5, 5.41) is 17.5. The van der Waals surface area contributed by atoms with Crippen LogP contribution in [0.3, 0.4) is 0 Å². The van der Waals surface area contributed by atoms with E-state index in [2.05, 4.69) is 0 Å². The molecule has 78 valence electrons. The fourth-order valence-electron chi connectivity index (χ4n) is 0.973. The predicted octanol–water partition coefficient (Wildman–Crippen LogP) is -0.478. The molecule has 0 heterocycles. The van der Waals surface area contributed by atoms with E-state index < -0.39 is 12.0 Å². The number of nitrogens with two attached hydrogens (primary N) is 1. The Kier molecular flexibility index (Phi) is 4.62. The van der Waals surface area contributed by atoms with Crippen molar-refractivity contribution in [2.75, 3.05) is 0 Å². The molecule has 1 rings (SSSR count). The van der Waals surface area contributed by atoms with Crippen LogP contribution in [-0.4, -0.2) is 27.7 Å². The summed E-state index contributed by atoms with van der Waals surface area (Å²) in [6, 6.07) is 5.42. The summed E-state index contributed by atoms with van der Waals surface area (Å²) in [4.78, 5) is 10.4. The van der Waals surface area contributed by atoms with Crippen LogP contribution in [0.1, 0.15) is 5.56 Å². The molecule has 0 saturated heterocycles. The fraction of sp³-hybridized carbons (Fsp3) is 0.222. The van der Waals surface area contributed by atoms with Crippen LogP contribution in [0, 0.1) is 0 Å². The monoisotopic (exact) mass is 199 g/mol. The van der Waals surface area contributed by atoms with Gasteiger partial charge in [-0.1, -0.05) is 12.1 Å². The number of benzene rings is 1. The number of carboxylic acid groups (broad SMARTS) is 1. The molecule has 0 aliphatic carbocycles. The molecule has 0 aliphatic heterocycles. The molecular formula is C9H13NO4. The van der Waals surface area contributed by atoms with Crippen LogP contribution < -0.4 is 5.73 Å². The molecule has 0 aliphatic rings. The van der Waals surface area contributed by atoms with Gasteiger partial charge in [-0.3, -0.25) is 4.79 Å². The third kappa shape index (κ3) is 3.42. The first-order valence-electron chi connectivity index (χ1n) is 3.86. The number of hydrogen-bond donors (Lipinski definition) is 3. The number of aliphatic carboxylic acids is 1. The van der Waals surface area contributed by atoms with Gasteiger partial charge in [-0.25, -0.2) is 0 Å². The van der Waals surface area contributed by atoms with E-state index in [9.17, 15) is 4.79 Å². The molecule has 6 N–H and O–H groups in total. The van der Waals surface area contributed by atoms with E-state index in [-0.39, 0.29) is 17.6 Å². The number of phenols is 1. The second-order valence-corrected chi connectivity index (χ2v) is 2.82. The highest BCUT2D eigenvalue weighted by Crippen LogP contribution is 2.10. The Balaban J connectivity index is 0.00000169. The summed E-state index contributed by atoms with van der Waals surface area (Å²) in [7, 11) is 0. The Morgan fingerprint density at radius 3 is 2.29 bits per heavy atom. The topological polar surface area (TPSA) is 115 Å². The van der Waals surface area contributed by atoms with Gasteiger partial charge in [0, 0.05) is 0 Å². The van der Waals surface area contributed by atoms with Crippen LogP contribution in [0.15, 0.2) is 24.3 Å². The molecule has 0 aromatic heterocycles. The predicted molar refractivity (Wildman–Crippen MR) is 51.0 cm³/mol. The third-order valence-corrected chi connectivity index (χ3v) is 1.71. The molecule has 0 bridgehead atoms. The lowest BCUT2D eigenvalue weighted by Crippen LogP contribution is -2.32. The Labute approximate surface area is 81.1 Å². The van der Waals surface area contributed by atoms with E-state index in [1.165, 1.54) is 12.1 Å². The maximum atomic E-state index is 10.4. The van der Waals surface area contributed by atoms with Crippen molar-refractivity contribution in [3.05, 3.63) is 29.8 Å². The highest BCUT2D eigenvalue weighted by Gasteiger charge is 2.11. The fourth-order valence-corrected chi connectivity index (χ4v) is 0.973. The van der Waals surface area contributed by atoms with E-state index in [0.29, 0.717) is 0 Å². The van der Waals surface area contributed by atoms with Gasteiger partial charge < -0.3 is 21.4 Å². The first-order chi connectivity index (χ1) is 6.09. The van der Waals surface area contributed by atoms with E-state index in [4.69, 9.17) is 15.9 Å². The standard InChI is InChI=1S/C9H11NO3.H2O/c10-8(9(12)13)5-6-1-3-7(11)4-2-6;/h1-4,8,11H,5,10H2,(H,12,13);1H2. The molecular weight excluding hydrogens is 186 g/mol. The molecule has 5 heteroatoms. The van der Waals surface area contributed by atoms with Gasteiger partial charge in [0.2, 0.25) is 0 Å². The Morgan fingerprint density at radius 1 is 1.36 bits per heavy atom. The van der Waals surface area contributed by atoms with Crippen molar-refractivity contribution in [2.45, 2.75) is 12.5 Å². The zero-order valence-electron chi connectivity index (χ0n) is 7.47. The van der Waals surface area contributed by atoms with Gasteiger partial charge in [0.15, 0.2) is 0 Å². The third-order valence-electron chi connectivity index (χ3n) is 1.71. The van der Waals surface area contributed by atoms with Gasteiger partial charge in [-0.15, -0.1) is 0 Å². The zero-order valence-corrected chi connectivity index (χ0v) is 7.47. The van der Waals surface area contributed by atoms with Gasteiger partial charge in [0.25, 0.3) is 0 Å². The summed E-state index contributed by atoms with van der Waals surface area (Å²) < 4.78 is 0. The normalized spacial score (nSPS) is 11.5. The number of rotatable bonds is 3.